The first-order valence-electron chi connectivity index (χ1n) is 6.25. The second kappa shape index (κ2) is 8.98. The Hall–Kier alpha value is -1.02. The van der Waals surface area contributed by atoms with Crippen molar-refractivity contribution < 1.29 is 30.0 Å². The maximum atomic E-state index is 11.5. The predicted octanol–water partition coefficient (Wildman–Crippen LogP) is -1.82. The molecule has 4 atom stereocenters. The molecule has 0 rings (SSSR count). The maximum absolute atomic E-state index is 11.5. The van der Waals surface area contributed by atoms with Gasteiger partial charge in [0, 0.05) is 18.9 Å². The van der Waals surface area contributed by atoms with Crippen molar-refractivity contribution in [2.75, 3.05) is 13.2 Å². The van der Waals surface area contributed by atoms with E-state index in [9.17, 15) is 19.8 Å². The zero-order chi connectivity index (χ0) is 15.0. The Labute approximate surface area is 112 Å². The van der Waals surface area contributed by atoms with Gasteiger partial charge in [-0.15, -0.1) is 0 Å². The summed E-state index contributed by atoms with van der Waals surface area (Å²) in [6.45, 7) is 2.27. The number of ketones is 1. The Morgan fingerprint density at radius 3 is 2.16 bits per heavy atom. The lowest BCUT2D eigenvalue weighted by molar-refractivity contribution is -0.128. The van der Waals surface area contributed by atoms with E-state index in [2.05, 4.69) is 5.32 Å². The maximum Gasteiger partial charge on any atom is 0.220 e. The molecule has 19 heavy (non-hydrogen) atoms. The van der Waals surface area contributed by atoms with Crippen LogP contribution in [0.2, 0.25) is 0 Å². The SMILES string of the molecule is CC[C@H](CC(=O)NC[C@@H](O)[C@H](O)[C@H](O)CO)C(C)=O. The molecule has 0 aliphatic carbocycles. The molecule has 112 valence electrons. The van der Waals surface area contributed by atoms with E-state index in [4.69, 9.17) is 10.2 Å². The molecule has 0 aromatic rings. The molecular weight excluding hydrogens is 254 g/mol. The van der Waals surface area contributed by atoms with Crippen molar-refractivity contribution >= 4 is 11.7 Å². The third-order valence-corrected chi connectivity index (χ3v) is 2.98. The number of hydrogen-bond acceptors (Lipinski definition) is 6. The summed E-state index contributed by atoms with van der Waals surface area (Å²) in [4.78, 5) is 22.7. The highest BCUT2D eigenvalue weighted by Crippen LogP contribution is 2.09. The number of Topliss-reactive ketones (excluding diaryl/α,β-unsaturated/α-hetero) is 1. The van der Waals surface area contributed by atoms with Crippen molar-refractivity contribution in [2.24, 2.45) is 5.92 Å². The molecule has 7 nitrogen and oxygen atoms in total. The third-order valence-electron chi connectivity index (χ3n) is 2.98. The van der Waals surface area contributed by atoms with Gasteiger partial charge in [-0.25, -0.2) is 0 Å². The molecule has 0 bridgehead atoms. The Balaban J connectivity index is 4.12. The molecule has 7 heteroatoms. The van der Waals surface area contributed by atoms with E-state index in [0.29, 0.717) is 6.42 Å². The van der Waals surface area contributed by atoms with Gasteiger partial charge in [0.25, 0.3) is 0 Å². The summed E-state index contributed by atoms with van der Waals surface area (Å²) in [7, 11) is 0. The zero-order valence-electron chi connectivity index (χ0n) is 11.2. The van der Waals surface area contributed by atoms with Crippen LogP contribution >= 0.6 is 0 Å². The predicted molar refractivity (Wildman–Crippen MR) is 67.2 cm³/mol. The lowest BCUT2D eigenvalue weighted by atomic mass is 9.98. The average Bonchev–Trinajstić information content (AvgIpc) is 2.39. The number of aliphatic hydroxyl groups is 4. The molecule has 0 saturated heterocycles. The van der Waals surface area contributed by atoms with Crippen LogP contribution in [0.25, 0.3) is 0 Å². The molecule has 0 radical (unpaired) electrons. The number of carbonyl (C=O) groups is 2. The summed E-state index contributed by atoms with van der Waals surface area (Å²) in [5.41, 5.74) is 0. The van der Waals surface area contributed by atoms with Crippen molar-refractivity contribution in [3.8, 4) is 0 Å². The van der Waals surface area contributed by atoms with Crippen LogP contribution in [0.1, 0.15) is 26.7 Å². The molecule has 1 amide bonds. The molecule has 0 heterocycles. The fourth-order valence-electron chi connectivity index (χ4n) is 1.58. The van der Waals surface area contributed by atoms with Crippen molar-refractivity contribution in [2.45, 2.75) is 45.0 Å². The summed E-state index contributed by atoms with van der Waals surface area (Å²) in [5, 5.41) is 38.9. The van der Waals surface area contributed by atoms with Crippen molar-refractivity contribution in [3.05, 3.63) is 0 Å². The third kappa shape index (κ3) is 6.63. The molecule has 0 aromatic heterocycles. The van der Waals surface area contributed by atoms with Crippen LogP contribution in [0.4, 0.5) is 0 Å². The Kier molecular flexibility index (Phi) is 8.49. The van der Waals surface area contributed by atoms with E-state index in [1.165, 1.54) is 6.92 Å². The molecule has 0 aliphatic rings. The summed E-state index contributed by atoms with van der Waals surface area (Å²) in [5.74, 6) is -0.842. The molecule has 0 spiro atoms. The van der Waals surface area contributed by atoms with Crippen LogP contribution in [0.5, 0.6) is 0 Å². The van der Waals surface area contributed by atoms with Crippen LogP contribution < -0.4 is 5.32 Å². The first-order chi connectivity index (χ1) is 8.83. The number of amides is 1. The largest absolute Gasteiger partial charge is 0.394 e. The molecule has 0 aromatic carbocycles. The van der Waals surface area contributed by atoms with Crippen LogP contribution in [0.3, 0.4) is 0 Å². The quantitative estimate of drug-likeness (QED) is 0.338. The lowest BCUT2D eigenvalue weighted by Crippen LogP contribution is -2.46. The van der Waals surface area contributed by atoms with Gasteiger partial charge in [0.15, 0.2) is 0 Å². The highest BCUT2D eigenvalue weighted by atomic mass is 16.4. The van der Waals surface area contributed by atoms with Gasteiger partial charge in [-0.3, -0.25) is 9.59 Å². The smallest absolute Gasteiger partial charge is 0.220 e. The van der Waals surface area contributed by atoms with Crippen molar-refractivity contribution in [1.82, 2.24) is 5.32 Å². The second-order valence-electron chi connectivity index (χ2n) is 4.53. The molecular formula is C12H23NO6. The molecule has 0 aliphatic heterocycles. The van der Waals surface area contributed by atoms with Crippen molar-refractivity contribution in [3.63, 3.8) is 0 Å². The number of aliphatic hydroxyl groups excluding tert-OH is 4. The highest BCUT2D eigenvalue weighted by molar-refractivity contribution is 5.85. The molecule has 0 saturated carbocycles. The Morgan fingerprint density at radius 2 is 1.74 bits per heavy atom. The second-order valence-corrected chi connectivity index (χ2v) is 4.53. The van der Waals surface area contributed by atoms with Crippen LogP contribution in [0.15, 0.2) is 0 Å². The summed E-state index contributed by atoms with van der Waals surface area (Å²) < 4.78 is 0. The van der Waals surface area contributed by atoms with Gasteiger partial charge in [-0.1, -0.05) is 6.92 Å². The lowest BCUT2D eigenvalue weighted by Gasteiger charge is -2.22. The highest BCUT2D eigenvalue weighted by Gasteiger charge is 2.25. The number of hydrogen-bond donors (Lipinski definition) is 5. The summed E-state index contributed by atoms with van der Waals surface area (Å²) >= 11 is 0. The minimum Gasteiger partial charge on any atom is -0.394 e. The number of rotatable bonds is 9. The topological polar surface area (TPSA) is 127 Å². The summed E-state index contributed by atoms with van der Waals surface area (Å²) in [6, 6.07) is 0. The number of nitrogens with one attached hydrogen (secondary N) is 1. The molecule has 0 unspecified atom stereocenters. The fraction of sp³-hybridized carbons (Fsp3) is 0.833. The van der Waals surface area contributed by atoms with Gasteiger partial charge in [0.05, 0.1) is 12.7 Å². The normalized spacial score (nSPS) is 17.4. The van der Waals surface area contributed by atoms with Gasteiger partial charge in [0.2, 0.25) is 5.91 Å². The van der Waals surface area contributed by atoms with Gasteiger partial charge in [0.1, 0.15) is 18.0 Å². The minimum atomic E-state index is -1.54. The molecule has 5 N–H and O–H groups in total. The van der Waals surface area contributed by atoms with Gasteiger partial charge >= 0.3 is 0 Å². The number of carbonyl (C=O) groups excluding carboxylic acids is 2. The van der Waals surface area contributed by atoms with E-state index >= 15 is 0 Å². The summed E-state index contributed by atoms with van der Waals surface area (Å²) in [6.07, 6.45) is -3.81. The zero-order valence-corrected chi connectivity index (χ0v) is 11.2. The van der Waals surface area contributed by atoms with Gasteiger partial charge in [-0.05, 0) is 13.3 Å². The van der Waals surface area contributed by atoms with Crippen LogP contribution in [0, 0.1) is 5.92 Å². The minimum absolute atomic E-state index is 0.0250. The van der Waals surface area contributed by atoms with Gasteiger partial charge in [-0.2, -0.15) is 0 Å². The van der Waals surface area contributed by atoms with Crippen LogP contribution in [-0.2, 0) is 9.59 Å². The van der Waals surface area contributed by atoms with Crippen molar-refractivity contribution in [1.29, 1.82) is 0 Å². The van der Waals surface area contributed by atoms with E-state index < -0.39 is 30.8 Å². The monoisotopic (exact) mass is 277 g/mol. The molecule has 0 fully saturated rings. The fourth-order valence-corrected chi connectivity index (χ4v) is 1.58. The Bertz CT molecular complexity index is 296. The Morgan fingerprint density at radius 1 is 1.16 bits per heavy atom. The van der Waals surface area contributed by atoms with E-state index in [0.717, 1.165) is 0 Å². The first kappa shape index (κ1) is 18.0. The van der Waals surface area contributed by atoms with Crippen LogP contribution in [-0.4, -0.2) is 63.6 Å². The first-order valence-corrected chi connectivity index (χ1v) is 6.25. The van der Waals surface area contributed by atoms with Gasteiger partial charge < -0.3 is 25.7 Å². The van der Waals surface area contributed by atoms with E-state index in [1.54, 1.807) is 6.92 Å². The van der Waals surface area contributed by atoms with E-state index in [-0.39, 0.29) is 24.7 Å². The van der Waals surface area contributed by atoms with E-state index in [1.807, 2.05) is 0 Å². The standard InChI is InChI=1S/C12H23NO6/c1-3-8(7(2)15)4-11(18)13-5-9(16)12(19)10(17)6-14/h8-10,12,14,16-17,19H,3-6H2,1-2H3,(H,13,18)/t8-,9-,10-,12+/m1/s1. The average molecular weight is 277 g/mol.